The lowest BCUT2D eigenvalue weighted by Gasteiger charge is -2.47. The Labute approximate surface area is 129 Å². The number of piperidine rings is 1. The Morgan fingerprint density at radius 1 is 1.29 bits per heavy atom. The third-order valence-electron chi connectivity index (χ3n) is 5.12. The van der Waals surface area contributed by atoms with Crippen LogP contribution < -0.4 is 5.32 Å². The molecule has 4 nitrogen and oxygen atoms in total. The minimum absolute atomic E-state index is 0.144. The average Bonchev–Trinajstić information content (AvgIpc) is 2.46. The molecule has 1 aliphatic carbocycles. The number of fused-ring (bicyclic) bond motifs is 1. The van der Waals surface area contributed by atoms with Crippen molar-refractivity contribution >= 4 is 5.97 Å². The van der Waals surface area contributed by atoms with Crippen LogP contribution in [0.25, 0.3) is 0 Å². The predicted molar refractivity (Wildman–Crippen MR) is 85.2 cm³/mol. The zero-order valence-corrected chi connectivity index (χ0v) is 14.2. The molecular weight excluding hydrogens is 264 g/mol. The van der Waals surface area contributed by atoms with E-state index in [4.69, 9.17) is 4.74 Å². The van der Waals surface area contributed by atoms with Crippen molar-refractivity contribution in [1.82, 2.24) is 10.2 Å². The third-order valence-corrected chi connectivity index (χ3v) is 5.12. The highest BCUT2D eigenvalue weighted by atomic mass is 16.5. The van der Waals surface area contributed by atoms with Gasteiger partial charge in [0.1, 0.15) is 5.54 Å². The van der Waals surface area contributed by atoms with Crippen molar-refractivity contribution in [3.63, 3.8) is 0 Å². The number of rotatable bonds is 5. The molecule has 0 amide bonds. The van der Waals surface area contributed by atoms with Crippen LogP contribution in [0.3, 0.4) is 0 Å². The second-order valence-corrected chi connectivity index (χ2v) is 7.35. The summed E-state index contributed by atoms with van der Waals surface area (Å²) in [7, 11) is 1.49. The van der Waals surface area contributed by atoms with Gasteiger partial charge in [0.2, 0.25) is 0 Å². The number of esters is 1. The molecule has 0 radical (unpaired) electrons. The molecule has 2 aliphatic rings. The molecule has 3 atom stereocenters. The first-order valence-corrected chi connectivity index (χ1v) is 8.56. The second-order valence-electron chi connectivity index (χ2n) is 7.35. The van der Waals surface area contributed by atoms with Crippen LogP contribution in [0.15, 0.2) is 0 Å². The molecule has 1 heterocycles. The normalized spacial score (nSPS) is 29.8. The third kappa shape index (κ3) is 3.98. The lowest BCUT2D eigenvalue weighted by Crippen LogP contribution is -2.62. The largest absolute Gasteiger partial charge is 0.468 e. The van der Waals surface area contributed by atoms with Gasteiger partial charge in [-0.3, -0.25) is 15.0 Å². The van der Waals surface area contributed by atoms with Gasteiger partial charge in [-0.2, -0.15) is 0 Å². The van der Waals surface area contributed by atoms with E-state index in [1.54, 1.807) is 0 Å². The Morgan fingerprint density at radius 2 is 1.95 bits per heavy atom. The molecular formula is C17H32N2O2. The summed E-state index contributed by atoms with van der Waals surface area (Å²) in [6, 6.07) is 0.937. The maximum Gasteiger partial charge on any atom is 0.327 e. The molecule has 1 aliphatic heterocycles. The predicted octanol–water partition coefficient (Wildman–Crippen LogP) is 2.57. The highest BCUT2D eigenvalue weighted by Gasteiger charge is 2.41. The Bertz CT molecular complexity index is 357. The first-order chi connectivity index (χ1) is 9.96. The van der Waals surface area contributed by atoms with Crippen molar-refractivity contribution in [2.75, 3.05) is 20.2 Å². The second kappa shape index (κ2) is 7.10. The van der Waals surface area contributed by atoms with Crippen LogP contribution in [-0.2, 0) is 9.53 Å². The lowest BCUT2D eigenvalue weighted by molar-refractivity contribution is -0.150. The topological polar surface area (TPSA) is 41.6 Å². The molecule has 1 saturated carbocycles. The van der Waals surface area contributed by atoms with Gasteiger partial charge in [0.25, 0.3) is 0 Å². The molecule has 2 fully saturated rings. The molecule has 0 aromatic carbocycles. The number of methoxy groups -OCH3 is 1. The number of nitrogens with zero attached hydrogens (tertiary/aromatic N) is 1. The molecule has 0 aromatic heterocycles. The Balaban J connectivity index is 2.09. The molecule has 1 unspecified atom stereocenters. The molecule has 122 valence electrons. The van der Waals surface area contributed by atoms with Crippen molar-refractivity contribution in [2.45, 2.75) is 76.9 Å². The fraction of sp³-hybridized carbons (Fsp3) is 0.941. The summed E-state index contributed by atoms with van der Waals surface area (Å²) in [5, 5.41) is 3.43. The first kappa shape index (κ1) is 16.8. The molecule has 2 rings (SSSR count). The average molecular weight is 296 g/mol. The highest BCUT2D eigenvalue weighted by molar-refractivity contribution is 5.80. The van der Waals surface area contributed by atoms with Gasteiger partial charge in [-0.1, -0.05) is 12.8 Å². The van der Waals surface area contributed by atoms with E-state index in [1.807, 2.05) is 6.92 Å². The smallest absolute Gasteiger partial charge is 0.327 e. The van der Waals surface area contributed by atoms with E-state index in [0.717, 1.165) is 19.0 Å². The van der Waals surface area contributed by atoms with Crippen molar-refractivity contribution in [2.24, 2.45) is 5.92 Å². The van der Waals surface area contributed by atoms with Crippen molar-refractivity contribution in [3.05, 3.63) is 0 Å². The SMILES string of the molecule is COC(=O)C(C)(CN1CCC[C@H]2CCCC[C@H]21)NC(C)C. The summed E-state index contributed by atoms with van der Waals surface area (Å²) in [5.74, 6) is 0.697. The molecule has 4 heteroatoms. The van der Waals surface area contributed by atoms with Crippen LogP contribution in [0.2, 0.25) is 0 Å². The van der Waals surface area contributed by atoms with Crippen LogP contribution in [0.5, 0.6) is 0 Å². The Kier molecular flexibility index (Phi) is 5.67. The molecule has 21 heavy (non-hydrogen) atoms. The summed E-state index contributed by atoms with van der Waals surface area (Å²) in [4.78, 5) is 14.8. The number of ether oxygens (including phenoxy) is 1. The Morgan fingerprint density at radius 3 is 2.62 bits per heavy atom. The van der Waals surface area contributed by atoms with Gasteiger partial charge < -0.3 is 4.74 Å². The van der Waals surface area contributed by atoms with Crippen molar-refractivity contribution < 1.29 is 9.53 Å². The number of nitrogens with one attached hydrogen (secondary N) is 1. The van der Waals surface area contributed by atoms with Gasteiger partial charge in [-0.25, -0.2) is 0 Å². The van der Waals surface area contributed by atoms with Gasteiger partial charge in [0.05, 0.1) is 7.11 Å². The van der Waals surface area contributed by atoms with E-state index in [-0.39, 0.29) is 12.0 Å². The van der Waals surface area contributed by atoms with E-state index < -0.39 is 5.54 Å². The van der Waals surface area contributed by atoms with Crippen LogP contribution in [0, 0.1) is 5.92 Å². The van der Waals surface area contributed by atoms with Crippen molar-refractivity contribution in [1.29, 1.82) is 0 Å². The van der Waals surface area contributed by atoms with Crippen LogP contribution in [0.4, 0.5) is 0 Å². The van der Waals surface area contributed by atoms with Gasteiger partial charge in [-0.15, -0.1) is 0 Å². The van der Waals surface area contributed by atoms with Gasteiger partial charge >= 0.3 is 5.97 Å². The standard InChI is InChI=1S/C17H32N2O2/c1-13(2)18-17(3,16(20)21-4)12-19-11-7-9-14-8-5-6-10-15(14)19/h13-15,18H,5-12H2,1-4H3/t14-,15-,17?/m1/s1. The summed E-state index contributed by atoms with van der Waals surface area (Å²) in [5.41, 5.74) is -0.609. The van der Waals surface area contributed by atoms with Gasteiger partial charge in [0, 0.05) is 18.6 Å². The summed E-state index contributed by atoms with van der Waals surface area (Å²) < 4.78 is 5.07. The van der Waals surface area contributed by atoms with E-state index >= 15 is 0 Å². The minimum atomic E-state index is -0.609. The highest BCUT2D eigenvalue weighted by Crippen LogP contribution is 2.35. The van der Waals surface area contributed by atoms with Crippen LogP contribution in [-0.4, -0.2) is 48.7 Å². The zero-order valence-electron chi connectivity index (χ0n) is 14.2. The van der Waals surface area contributed by atoms with E-state index in [0.29, 0.717) is 6.04 Å². The number of likely N-dealkylation sites (tertiary alicyclic amines) is 1. The number of carbonyl (C=O) groups is 1. The van der Waals surface area contributed by atoms with Gasteiger partial charge in [0.15, 0.2) is 0 Å². The van der Waals surface area contributed by atoms with Crippen LogP contribution in [0.1, 0.15) is 59.3 Å². The monoisotopic (exact) mass is 296 g/mol. The molecule has 0 aromatic rings. The van der Waals surface area contributed by atoms with Crippen LogP contribution >= 0.6 is 0 Å². The van der Waals surface area contributed by atoms with Gasteiger partial charge in [-0.05, 0) is 58.9 Å². The molecule has 0 bridgehead atoms. The molecule has 0 spiro atoms. The Hall–Kier alpha value is -0.610. The fourth-order valence-corrected chi connectivity index (χ4v) is 4.36. The fourth-order valence-electron chi connectivity index (χ4n) is 4.36. The quantitative estimate of drug-likeness (QED) is 0.792. The minimum Gasteiger partial charge on any atom is -0.468 e. The van der Waals surface area contributed by atoms with Crippen molar-refractivity contribution in [3.8, 4) is 0 Å². The number of hydrogen-bond acceptors (Lipinski definition) is 4. The lowest BCUT2D eigenvalue weighted by atomic mass is 9.77. The summed E-state index contributed by atoms with van der Waals surface area (Å²) >= 11 is 0. The summed E-state index contributed by atoms with van der Waals surface area (Å²) in [6.07, 6.45) is 8.02. The first-order valence-electron chi connectivity index (χ1n) is 8.56. The molecule has 1 saturated heterocycles. The summed E-state index contributed by atoms with van der Waals surface area (Å²) in [6.45, 7) is 8.04. The van der Waals surface area contributed by atoms with E-state index in [2.05, 4.69) is 24.1 Å². The molecule has 1 N–H and O–H groups in total. The zero-order chi connectivity index (χ0) is 15.5. The maximum atomic E-state index is 12.3. The van der Waals surface area contributed by atoms with E-state index in [1.165, 1.54) is 45.6 Å². The maximum absolute atomic E-state index is 12.3. The number of hydrogen-bond donors (Lipinski definition) is 1. The van der Waals surface area contributed by atoms with E-state index in [9.17, 15) is 4.79 Å². The number of carbonyl (C=O) groups excluding carboxylic acids is 1.